The number of aryl methyl sites for hydroxylation is 1. The van der Waals surface area contributed by atoms with Crippen molar-refractivity contribution in [3.8, 4) is 5.69 Å². The van der Waals surface area contributed by atoms with Gasteiger partial charge in [-0.3, -0.25) is 9.36 Å². The van der Waals surface area contributed by atoms with Crippen molar-refractivity contribution < 1.29 is 13.2 Å². The highest BCUT2D eigenvalue weighted by molar-refractivity contribution is 7.98. The maximum absolute atomic E-state index is 13.5. The van der Waals surface area contributed by atoms with Gasteiger partial charge < -0.3 is 4.90 Å². The minimum Gasteiger partial charge on any atom is -0.308 e. The number of hydrogen-bond donors (Lipinski definition) is 0. The van der Waals surface area contributed by atoms with E-state index in [1.807, 2.05) is 41.3 Å². The minimum absolute atomic E-state index is 0.0845. The zero-order chi connectivity index (χ0) is 23.0. The van der Waals surface area contributed by atoms with Crippen LogP contribution < -0.4 is 4.90 Å². The maximum atomic E-state index is 13.5. The summed E-state index contributed by atoms with van der Waals surface area (Å²) in [7, 11) is -3.48. The summed E-state index contributed by atoms with van der Waals surface area (Å²) in [5, 5.41) is 0.856. The molecule has 7 nitrogen and oxygen atoms in total. The summed E-state index contributed by atoms with van der Waals surface area (Å²) >= 11 is 1.55. The molecule has 33 heavy (non-hydrogen) atoms. The predicted molar refractivity (Wildman–Crippen MR) is 130 cm³/mol. The lowest BCUT2D eigenvalue weighted by molar-refractivity contribution is 0.0985. The van der Waals surface area contributed by atoms with E-state index >= 15 is 0 Å². The number of imidazole rings is 1. The highest BCUT2D eigenvalue weighted by Gasteiger charge is 2.30. The van der Waals surface area contributed by atoms with Crippen molar-refractivity contribution in [2.75, 3.05) is 30.8 Å². The topological polar surface area (TPSA) is 75.5 Å². The van der Waals surface area contributed by atoms with E-state index in [2.05, 4.69) is 4.98 Å². The summed E-state index contributed by atoms with van der Waals surface area (Å²) in [5.74, 6) is -0.0845. The van der Waals surface area contributed by atoms with Crippen LogP contribution in [-0.4, -0.2) is 54.1 Å². The second kappa shape index (κ2) is 8.96. The summed E-state index contributed by atoms with van der Waals surface area (Å²) in [6.45, 7) is 1.76. The third kappa shape index (κ3) is 4.09. The number of nitrogens with zero attached hydrogens (tertiary/aromatic N) is 4. The van der Waals surface area contributed by atoms with Crippen LogP contribution in [0.1, 0.15) is 35.2 Å². The molecule has 0 spiro atoms. The third-order valence-corrected chi connectivity index (χ3v) is 8.84. The fourth-order valence-electron chi connectivity index (χ4n) is 4.60. The van der Waals surface area contributed by atoms with Crippen LogP contribution in [-0.2, 0) is 16.4 Å². The van der Waals surface area contributed by atoms with E-state index in [1.165, 1.54) is 0 Å². The fraction of sp³-hybridized carbons (Fsp3) is 0.333. The van der Waals surface area contributed by atoms with Gasteiger partial charge in [-0.1, -0.05) is 17.8 Å². The number of sulfonamides is 1. The van der Waals surface area contributed by atoms with E-state index in [9.17, 15) is 13.2 Å². The molecule has 9 heteroatoms. The van der Waals surface area contributed by atoms with Crippen LogP contribution in [0.25, 0.3) is 5.69 Å². The maximum Gasteiger partial charge on any atom is 0.258 e. The molecule has 1 amide bonds. The van der Waals surface area contributed by atoms with E-state index in [1.54, 1.807) is 45.4 Å². The molecule has 2 aliphatic heterocycles. The first-order valence-electron chi connectivity index (χ1n) is 11.1. The molecule has 3 heterocycles. The molecule has 0 atom stereocenters. The zero-order valence-corrected chi connectivity index (χ0v) is 20.1. The van der Waals surface area contributed by atoms with Gasteiger partial charge in [0.2, 0.25) is 10.0 Å². The van der Waals surface area contributed by atoms with E-state index < -0.39 is 10.0 Å². The largest absolute Gasteiger partial charge is 0.308 e. The summed E-state index contributed by atoms with van der Waals surface area (Å²) in [4.78, 5) is 19.9. The monoisotopic (exact) mass is 482 g/mol. The molecule has 1 fully saturated rings. The van der Waals surface area contributed by atoms with Crippen molar-refractivity contribution in [1.82, 2.24) is 13.9 Å². The minimum atomic E-state index is -3.48. The van der Waals surface area contributed by atoms with Gasteiger partial charge in [0.1, 0.15) is 0 Å². The van der Waals surface area contributed by atoms with Crippen LogP contribution in [0, 0.1) is 0 Å². The Kier molecular flexibility index (Phi) is 6.03. The third-order valence-electron chi connectivity index (χ3n) is 6.28. The molecule has 0 aliphatic carbocycles. The van der Waals surface area contributed by atoms with Gasteiger partial charge in [0.15, 0.2) is 5.16 Å². The number of anilines is 1. The van der Waals surface area contributed by atoms with E-state index in [-0.39, 0.29) is 5.91 Å². The normalized spacial score (nSPS) is 16.7. The van der Waals surface area contributed by atoms with Crippen LogP contribution in [0.4, 0.5) is 5.69 Å². The summed E-state index contributed by atoms with van der Waals surface area (Å²) in [5.41, 5.74) is 3.18. The molecule has 1 aromatic heterocycles. The molecule has 2 aromatic carbocycles. The molecule has 0 bridgehead atoms. The van der Waals surface area contributed by atoms with Crippen LogP contribution >= 0.6 is 11.8 Å². The van der Waals surface area contributed by atoms with Crippen LogP contribution in [0.2, 0.25) is 0 Å². The molecule has 0 saturated carbocycles. The first-order valence-corrected chi connectivity index (χ1v) is 13.8. The van der Waals surface area contributed by atoms with E-state index in [4.69, 9.17) is 0 Å². The van der Waals surface area contributed by atoms with Gasteiger partial charge in [-0.2, -0.15) is 4.31 Å². The predicted octanol–water partition coefficient (Wildman–Crippen LogP) is 3.97. The van der Waals surface area contributed by atoms with Gasteiger partial charge in [-0.15, -0.1) is 0 Å². The van der Waals surface area contributed by atoms with Crippen molar-refractivity contribution in [3.05, 3.63) is 66.0 Å². The number of rotatable bonds is 5. The smallest absolute Gasteiger partial charge is 0.258 e. The van der Waals surface area contributed by atoms with Crippen molar-refractivity contribution in [2.45, 2.75) is 35.7 Å². The SMILES string of the molecule is CSc1nccn1-c1cccc(C(=O)N2CCCc3cc(S(=O)(=O)N4CCCC4)ccc32)c1. The molecule has 2 aliphatic rings. The Hall–Kier alpha value is -2.62. The van der Waals surface area contributed by atoms with Gasteiger partial charge in [-0.05, 0) is 73.9 Å². The van der Waals surface area contributed by atoms with Crippen LogP contribution in [0.3, 0.4) is 0 Å². The number of amides is 1. The van der Waals surface area contributed by atoms with Gasteiger partial charge in [0, 0.05) is 49.0 Å². The number of thioether (sulfide) groups is 1. The zero-order valence-electron chi connectivity index (χ0n) is 18.5. The average Bonchev–Trinajstić information content (AvgIpc) is 3.55. The van der Waals surface area contributed by atoms with Gasteiger partial charge >= 0.3 is 0 Å². The Morgan fingerprint density at radius 2 is 1.85 bits per heavy atom. The lowest BCUT2D eigenvalue weighted by atomic mass is 10.0. The highest BCUT2D eigenvalue weighted by atomic mass is 32.2. The van der Waals surface area contributed by atoms with Crippen LogP contribution in [0.15, 0.2) is 64.9 Å². The molecule has 5 rings (SSSR count). The standard InChI is InChI=1S/C24H26N4O3S2/c1-32-24-25-11-15-27(24)20-8-4-6-19(16-20)23(29)28-14-5-7-18-17-21(9-10-22(18)28)33(30,31)26-12-2-3-13-26/h4,6,8-11,15-17H,2-3,5,7,12-14H2,1H3. The molecule has 0 N–H and O–H groups in total. The Bertz CT molecular complexity index is 1300. The van der Waals surface area contributed by atoms with Crippen molar-refractivity contribution >= 4 is 33.4 Å². The Balaban J connectivity index is 1.45. The number of carbonyl (C=O) groups is 1. The summed E-state index contributed by atoms with van der Waals surface area (Å²) in [6.07, 6.45) is 8.96. The molecule has 3 aromatic rings. The second-order valence-corrected chi connectivity index (χ2v) is 11.0. The average molecular weight is 483 g/mol. The highest BCUT2D eigenvalue weighted by Crippen LogP contribution is 2.32. The number of carbonyl (C=O) groups excluding carboxylic acids is 1. The quantitative estimate of drug-likeness (QED) is 0.515. The Morgan fingerprint density at radius 1 is 1.03 bits per heavy atom. The number of benzene rings is 2. The number of fused-ring (bicyclic) bond motifs is 1. The molecule has 0 unspecified atom stereocenters. The lowest BCUT2D eigenvalue weighted by Gasteiger charge is -2.30. The van der Waals surface area contributed by atoms with Crippen molar-refractivity contribution in [1.29, 1.82) is 0 Å². The van der Waals surface area contributed by atoms with Crippen LogP contribution in [0.5, 0.6) is 0 Å². The first kappa shape index (κ1) is 22.2. The van der Waals surface area contributed by atoms with Crippen molar-refractivity contribution in [2.24, 2.45) is 0 Å². The van der Waals surface area contributed by atoms with E-state index in [0.717, 1.165) is 47.8 Å². The summed E-state index contributed by atoms with van der Waals surface area (Å²) in [6, 6.07) is 12.7. The molecule has 172 valence electrons. The molecular formula is C24H26N4O3S2. The number of hydrogen-bond acceptors (Lipinski definition) is 5. The van der Waals surface area contributed by atoms with Gasteiger partial charge in [0.05, 0.1) is 4.90 Å². The molecule has 1 saturated heterocycles. The van der Waals surface area contributed by atoms with Crippen molar-refractivity contribution in [3.63, 3.8) is 0 Å². The van der Waals surface area contributed by atoms with Gasteiger partial charge in [-0.25, -0.2) is 13.4 Å². The molecular weight excluding hydrogens is 456 g/mol. The Labute approximate surface area is 198 Å². The second-order valence-electron chi connectivity index (χ2n) is 8.30. The van der Waals surface area contributed by atoms with Gasteiger partial charge in [0.25, 0.3) is 5.91 Å². The lowest BCUT2D eigenvalue weighted by Crippen LogP contribution is -2.36. The summed E-state index contributed by atoms with van der Waals surface area (Å²) < 4.78 is 29.5. The first-order chi connectivity index (χ1) is 16.0. The number of aromatic nitrogens is 2. The fourth-order valence-corrected chi connectivity index (χ4v) is 6.70. The Morgan fingerprint density at radius 3 is 2.64 bits per heavy atom. The molecule has 0 radical (unpaired) electrons. The van der Waals surface area contributed by atoms with E-state index in [0.29, 0.717) is 30.1 Å².